The summed E-state index contributed by atoms with van der Waals surface area (Å²) in [6, 6.07) is 7.30. The molecule has 2 rings (SSSR count). The molecule has 1 aromatic carbocycles. The predicted octanol–water partition coefficient (Wildman–Crippen LogP) is 4.55. The lowest BCUT2D eigenvalue weighted by atomic mass is 9.71. The molecule has 0 atom stereocenters. The van der Waals surface area contributed by atoms with E-state index in [1.54, 1.807) is 24.3 Å². The summed E-state index contributed by atoms with van der Waals surface area (Å²) in [4.78, 5) is 12.2. The van der Waals surface area contributed by atoms with Gasteiger partial charge in [0.1, 0.15) is 0 Å². The Morgan fingerprint density at radius 1 is 1.17 bits per heavy atom. The maximum Gasteiger partial charge on any atom is 0.258 e. The Kier molecular flexibility index (Phi) is 6.04. The van der Waals surface area contributed by atoms with E-state index in [9.17, 15) is 4.79 Å². The summed E-state index contributed by atoms with van der Waals surface area (Å²) in [5, 5.41) is 6.80. The van der Waals surface area contributed by atoms with Crippen LogP contribution in [0.15, 0.2) is 24.3 Å². The molecule has 126 valence electrons. The molecule has 0 spiro atoms. The number of carbonyl (C=O) groups excluding carboxylic acids is 1. The highest BCUT2D eigenvalue weighted by Gasteiger charge is 2.29. The molecule has 0 saturated heterocycles. The molecule has 1 saturated carbocycles. The van der Waals surface area contributed by atoms with Crippen molar-refractivity contribution in [1.82, 2.24) is 10.6 Å². The Labute approximate surface area is 149 Å². The van der Waals surface area contributed by atoms with Gasteiger partial charge in [0.25, 0.3) is 5.91 Å². The van der Waals surface area contributed by atoms with Gasteiger partial charge in [-0.25, -0.2) is 0 Å². The fourth-order valence-corrected chi connectivity index (χ4v) is 3.62. The molecule has 3 nitrogen and oxygen atoms in total. The van der Waals surface area contributed by atoms with E-state index >= 15 is 0 Å². The standard InChI is InChI=1S/C18H25ClN2OS/c1-18(2,3)12-8-10-13(11-9-12)20-17(23)21-16(22)14-6-4-5-7-15(14)19/h4-7,12-13H,8-11H2,1-3H3,(H2,20,21,22,23). The minimum atomic E-state index is -0.267. The van der Waals surface area contributed by atoms with Crippen molar-refractivity contribution in [3.8, 4) is 0 Å². The van der Waals surface area contributed by atoms with Gasteiger partial charge in [-0.15, -0.1) is 0 Å². The van der Waals surface area contributed by atoms with Crippen molar-refractivity contribution in [3.63, 3.8) is 0 Å². The zero-order valence-corrected chi connectivity index (χ0v) is 15.6. The Hall–Kier alpha value is -1.13. The smallest absolute Gasteiger partial charge is 0.258 e. The summed E-state index contributed by atoms with van der Waals surface area (Å²) in [5.74, 6) is 0.489. The van der Waals surface area contributed by atoms with E-state index in [4.69, 9.17) is 23.8 Å². The molecular weight excluding hydrogens is 328 g/mol. The number of halogens is 1. The van der Waals surface area contributed by atoms with Crippen LogP contribution in [0.4, 0.5) is 0 Å². The van der Waals surface area contributed by atoms with Gasteiger partial charge in [0, 0.05) is 6.04 Å². The van der Waals surface area contributed by atoms with Gasteiger partial charge < -0.3 is 5.32 Å². The Balaban J connectivity index is 1.82. The van der Waals surface area contributed by atoms with Crippen molar-refractivity contribution in [3.05, 3.63) is 34.9 Å². The van der Waals surface area contributed by atoms with Gasteiger partial charge in [-0.05, 0) is 61.4 Å². The Bertz CT molecular complexity index is 575. The number of thiocarbonyl (C=S) groups is 1. The molecule has 1 aliphatic rings. The van der Waals surface area contributed by atoms with Crippen molar-refractivity contribution in [2.24, 2.45) is 11.3 Å². The minimum Gasteiger partial charge on any atom is -0.360 e. The highest BCUT2D eigenvalue weighted by molar-refractivity contribution is 7.80. The van der Waals surface area contributed by atoms with Crippen LogP contribution in [0.2, 0.25) is 5.02 Å². The third-order valence-corrected chi connectivity index (χ3v) is 5.18. The first-order valence-electron chi connectivity index (χ1n) is 8.13. The van der Waals surface area contributed by atoms with E-state index in [0.29, 0.717) is 27.2 Å². The first-order valence-corrected chi connectivity index (χ1v) is 8.92. The maximum atomic E-state index is 12.2. The van der Waals surface area contributed by atoms with Crippen LogP contribution in [0, 0.1) is 11.3 Å². The molecule has 0 unspecified atom stereocenters. The molecule has 0 heterocycles. The molecule has 1 aliphatic carbocycles. The molecule has 0 radical (unpaired) electrons. The fourth-order valence-electron chi connectivity index (χ4n) is 3.14. The highest BCUT2D eigenvalue weighted by atomic mass is 35.5. The molecule has 0 aromatic heterocycles. The first-order chi connectivity index (χ1) is 10.8. The van der Waals surface area contributed by atoms with Gasteiger partial charge in [0.15, 0.2) is 5.11 Å². The minimum absolute atomic E-state index is 0.267. The van der Waals surface area contributed by atoms with E-state index in [2.05, 4.69) is 31.4 Å². The third kappa shape index (κ3) is 5.18. The van der Waals surface area contributed by atoms with Crippen LogP contribution in [0.5, 0.6) is 0 Å². The monoisotopic (exact) mass is 352 g/mol. The average Bonchev–Trinajstić information content (AvgIpc) is 2.47. The van der Waals surface area contributed by atoms with Gasteiger partial charge in [-0.1, -0.05) is 44.5 Å². The lowest BCUT2D eigenvalue weighted by molar-refractivity contribution is 0.0976. The summed E-state index contributed by atoms with van der Waals surface area (Å²) >= 11 is 11.3. The highest BCUT2D eigenvalue weighted by Crippen LogP contribution is 2.37. The molecule has 1 fully saturated rings. The fraction of sp³-hybridized carbons (Fsp3) is 0.556. The Morgan fingerprint density at radius 2 is 1.78 bits per heavy atom. The number of carbonyl (C=O) groups is 1. The van der Waals surface area contributed by atoms with Crippen LogP contribution in [0.3, 0.4) is 0 Å². The zero-order chi connectivity index (χ0) is 17.0. The van der Waals surface area contributed by atoms with E-state index in [1.165, 1.54) is 12.8 Å². The zero-order valence-electron chi connectivity index (χ0n) is 14.0. The molecule has 0 aliphatic heterocycles. The summed E-state index contributed by atoms with van der Waals surface area (Å²) in [7, 11) is 0. The second-order valence-electron chi connectivity index (χ2n) is 7.32. The largest absolute Gasteiger partial charge is 0.360 e. The molecule has 1 amide bonds. The number of nitrogens with one attached hydrogen (secondary N) is 2. The number of hydrogen-bond acceptors (Lipinski definition) is 2. The van der Waals surface area contributed by atoms with Crippen molar-refractivity contribution >= 4 is 34.8 Å². The molecule has 1 aromatic rings. The lowest BCUT2D eigenvalue weighted by Crippen LogP contribution is -2.46. The number of rotatable bonds is 2. The molecule has 5 heteroatoms. The van der Waals surface area contributed by atoms with Crippen LogP contribution < -0.4 is 10.6 Å². The summed E-state index contributed by atoms with van der Waals surface area (Å²) < 4.78 is 0. The average molecular weight is 353 g/mol. The van der Waals surface area contributed by atoms with Gasteiger partial charge >= 0.3 is 0 Å². The van der Waals surface area contributed by atoms with E-state index in [1.807, 2.05) is 0 Å². The molecular formula is C18H25ClN2OS. The van der Waals surface area contributed by atoms with Gasteiger partial charge in [-0.2, -0.15) is 0 Å². The van der Waals surface area contributed by atoms with Crippen LogP contribution >= 0.6 is 23.8 Å². The predicted molar refractivity (Wildman–Crippen MR) is 99.9 cm³/mol. The summed E-state index contributed by atoms with van der Waals surface area (Å²) in [6.07, 6.45) is 4.57. The van der Waals surface area contributed by atoms with Gasteiger partial charge in [0.05, 0.1) is 10.6 Å². The first kappa shape index (κ1) is 18.2. The van der Waals surface area contributed by atoms with Gasteiger partial charge in [-0.3, -0.25) is 10.1 Å². The normalized spacial score (nSPS) is 21.6. The molecule has 0 bridgehead atoms. The van der Waals surface area contributed by atoms with Crippen LogP contribution in [0.1, 0.15) is 56.8 Å². The quantitative estimate of drug-likeness (QED) is 0.767. The summed E-state index contributed by atoms with van der Waals surface area (Å²) in [5.41, 5.74) is 0.804. The summed E-state index contributed by atoms with van der Waals surface area (Å²) in [6.45, 7) is 6.92. The second-order valence-corrected chi connectivity index (χ2v) is 8.14. The van der Waals surface area contributed by atoms with Crippen molar-refractivity contribution in [2.75, 3.05) is 0 Å². The van der Waals surface area contributed by atoms with Gasteiger partial charge in [0.2, 0.25) is 0 Å². The van der Waals surface area contributed by atoms with Crippen LogP contribution in [0.25, 0.3) is 0 Å². The van der Waals surface area contributed by atoms with E-state index < -0.39 is 0 Å². The van der Waals surface area contributed by atoms with E-state index in [0.717, 1.165) is 18.8 Å². The maximum absolute atomic E-state index is 12.2. The lowest BCUT2D eigenvalue weighted by Gasteiger charge is -2.37. The van der Waals surface area contributed by atoms with Crippen molar-refractivity contribution < 1.29 is 4.79 Å². The third-order valence-electron chi connectivity index (χ3n) is 4.63. The van der Waals surface area contributed by atoms with Crippen molar-refractivity contribution in [2.45, 2.75) is 52.5 Å². The number of amides is 1. The second kappa shape index (κ2) is 7.63. The molecule has 2 N–H and O–H groups in total. The van der Waals surface area contributed by atoms with Crippen molar-refractivity contribution in [1.29, 1.82) is 0 Å². The van der Waals surface area contributed by atoms with E-state index in [-0.39, 0.29) is 5.91 Å². The SMILES string of the molecule is CC(C)(C)C1CCC(NC(=S)NC(=O)c2ccccc2Cl)CC1. The number of benzene rings is 1. The van der Waals surface area contributed by atoms with Crippen LogP contribution in [-0.2, 0) is 0 Å². The Morgan fingerprint density at radius 3 is 2.35 bits per heavy atom. The van der Waals surface area contributed by atoms with Crippen LogP contribution in [-0.4, -0.2) is 17.1 Å². The topological polar surface area (TPSA) is 41.1 Å². The molecule has 23 heavy (non-hydrogen) atoms. The number of hydrogen-bond donors (Lipinski definition) is 2.